The second-order valence-corrected chi connectivity index (χ2v) is 4.66. The zero-order valence-corrected chi connectivity index (χ0v) is 13.1. The van der Waals surface area contributed by atoms with Gasteiger partial charge in [0, 0.05) is 0 Å². The van der Waals surface area contributed by atoms with Gasteiger partial charge in [-0.05, 0) is 42.0 Å². The van der Waals surface area contributed by atoms with Crippen LogP contribution < -0.4 is 14.2 Å². The Morgan fingerprint density at radius 1 is 0.913 bits per heavy atom. The Labute approximate surface area is 134 Å². The van der Waals surface area contributed by atoms with Crippen molar-refractivity contribution in [3.05, 3.63) is 59.4 Å². The second kappa shape index (κ2) is 7.45. The van der Waals surface area contributed by atoms with Gasteiger partial charge in [-0.25, -0.2) is 4.39 Å². The first kappa shape index (κ1) is 16.5. The van der Waals surface area contributed by atoms with Gasteiger partial charge in [0.25, 0.3) is 0 Å². The van der Waals surface area contributed by atoms with Gasteiger partial charge in [-0.2, -0.15) is 0 Å². The Bertz CT molecular complexity index is 738. The summed E-state index contributed by atoms with van der Waals surface area (Å²) in [6.45, 7) is 0. The molecule has 4 nitrogen and oxygen atoms in total. The smallest absolute Gasteiger partial charge is 0.189 e. The van der Waals surface area contributed by atoms with E-state index in [1.54, 1.807) is 31.4 Å². The van der Waals surface area contributed by atoms with Crippen LogP contribution in [0.25, 0.3) is 6.08 Å². The van der Waals surface area contributed by atoms with Gasteiger partial charge in [-0.15, -0.1) is 0 Å². The molecule has 0 radical (unpaired) electrons. The van der Waals surface area contributed by atoms with Crippen LogP contribution in [0.15, 0.2) is 42.5 Å². The number of hydrogen-bond donors (Lipinski definition) is 0. The lowest BCUT2D eigenvalue weighted by Crippen LogP contribution is -1.99. The largest absolute Gasteiger partial charge is 0.496 e. The van der Waals surface area contributed by atoms with E-state index in [2.05, 4.69) is 0 Å². The van der Waals surface area contributed by atoms with Gasteiger partial charge in [-0.3, -0.25) is 4.79 Å². The molecular formula is C18H17FO4. The van der Waals surface area contributed by atoms with Crippen molar-refractivity contribution >= 4 is 11.9 Å². The average molecular weight is 316 g/mol. The molecule has 0 aliphatic heterocycles. The van der Waals surface area contributed by atoms with Crippen molar-refractivity contribution in [3.8, 4) is 17.2 Å². The van der Waals surface area contributed by atoms with E-state index in [0.717, 1.165) is 11.6 Å². The molecule has 0 aliphatic carbocycles. The minimum atomic E-state index is -0.492. The fourth-order valence-electron chi connectivity index (χ4n) is 2.09. The summed E-state index contributed by atoms with van der Waals surface area (Å²) >= 11 is 0. The van der Waals surface area contributed by atoms with E-state index in [1.807, 2.05) is 0 Å². The van der Waals surface area contributed by atoms with Gasteiger partial charge in [0.05, 0.1) is 26.9 Å². The quantitative estimate of drug-likeness (QED) is 0.601. The molecular weight excluding hydrogens is 299 g/mol. The first-order valence-corrected chi connectivity index (χ1v) is 6.87. The topological polar surface area (TPSA) is 44.8 Å². The highest BCUT2D eigenvalue weighted by molar-refractivity contribution is 6.08. The standard InChI is InChI=1S/C18H17FO4/c1-21-16-9-6-13(19)11-14(16)15(20)7-4-12-5-8-17(22-2)18(10-12)23-3/h4-11H,1-3H3. The van der Waals surface area contributed by atoms with Crippen molar-refractivity contribution in [2.24, 2.45) is 0 Å². The predicted molar refractivity (Wildman–Crippen MR) is 85.9 cm³/mol. The molecule has 120 valence electrons. The Balaban J connectivity index is 2.26. The highest BCUT2D eigenvalue weighted by atomic mass is 19.1. The molecule has 0 unspecified atom stereocenters. The zero-order chi connectivity index (χ0) is 16.8. The van der Waals surface area contributed by atoms with Gasteiger partial charge in [0.2, 0.25) is 0 Å². The molecule has 0 saturated heterocycles. The van der Waals surface area contributed by atoms with Gasteiger partial charge in [0.1, 0.15) is 11.6 Å². The SMILES string of the molecule is COc1ccc(C=CC(=O)c2cc(F)ccc2OC)cc1OC. The fraction of sp³-hybridized carbons (Fsp3) is 0.167. The van der Waals surface area contributed by atoms with Crippen LogP contribution in [0.2, 0.25) is 0 Å². The molecule has 2 rings (SSSR count). The normalized spacial score (nSPS) is 10.6. The lowest BCUT2D eigenvalue weighted by molar-refractivity contribution is 0.104. The molecule has 2 aromatic carbocycles. The van der Waals surface area contributed by atoms with Crippen molar-refractivity contribution < 1.29 is 23.4 Å². The molecule has 0 saturated carbocycles. The molecule has 0 aromatic heterocycles. The minimum absolute atomic E-state index is 0.171. The summed E-state index contributed by atoms with van der Waals surface area (Å²) < 4.78 is 28.8. The molecule has 0 atom stereocenters. The van der Waals surface area contributed by atoms with Crippen molar-refractivity contribution in [3.63, 3.8) is 0 Å². The lowest BCUT2D eigenvalue weighted by Gasteiger charge is -2.08. The molecule has 0 spiro atoms. The van der Waals surface area contributed by atoms with E-state index in [0.29, 0.717) is 17.2 Å². The summed E-state index contributed by atoms with van der Waals surface area (Å²) in [6.07, 6.45) is 2.98. The number of carbonyl (C=O) groups excluding carboxylic acids is 1. The summed E-state index contributed by atoms with van der Waals surface area (Å²) in [5.74, 6) is 0.645. The summed E-state index contributed by atoms with van der Waals surface area (Å²) in [5.41, 5.74) is 0.926. The summed E-state index contributed by atoms with van der Waals surface area (Å²) in [6, 6.07) is 9.09. The van der Waals surface area contributed by atoms with Gasteiger partial charge >= 0.3 is 0 Å². The van der Waals surface area contributed by atoms with E-state index in [1.165, 1.54) is 32.4 Å². The maximum absolute atomic E-state index is 13.3. The summed E-state index contributed by atoms with van der Waals surface area (Å²) in [7, 11) is 4.52. The zero-order valence-electron chi connectivity index (χ0n) is 13.1. The first-order chi connectivity index (χ1) is 11.1. The van der Waals surface area contributed by atoms with Crippen LogP contribution in [0.1, 0.15) is 15.9 Å². The van der Waals surface area contributed by atoms with Crippen LogP contribution in [-0.4, -0.2) is 27.1 Å². The predicted octanol–water partition coefficient (Wildman–Crippen LogP) is 3.75. The number of ether oxygens (including phenoxy) is 3. The summed E-state index contributed by atoms with van der Waals surface area (Å²) in [5, 5.41) is 0. The average Bonchev–Trinajstić information content (AvgIpc) is 2.59. The third-order valence-corrected chi connectivity index (χ3v) is 3.26. The number of rotatable bonds is 6. The van der Waals surface area contributed by atoms with E-state index >= 15 is 0 Å². The molecule has 0 aliphatic rings. The van der Waals surface area contributed by atoms with Crippen molar-refractivity contribution in [2.45, 2.75) is 0 Å². The molecule has 23 heavy (non-hydrogen) atoms. The van der Waals surface area contributed by atoms with Crippen LogP contribution in [-0.2, 0) is 0 Å². The Hall–Kier alpha value is -2.82. The van der Waals surface area contributed by atoms with E-state index in [9.17, 15) is 9.18 Å². The lowest BCUT2D eigenvalue weighted by atomic mass is 10.1. The van der Waals surface area contributed by atoms with Gasteiger partial charge in [0.15, 0.2) is 17.3 Å². The van der Waals surface area contributed by atoms with Crippen LogP contribution >= 0.6 is 0 Å². The Kier molecular flexibility index (Phi) is 5.36. The number of benzene rings is 2. The van der Waals surface area contributed by atoms with Crippen LogP contribution in [0.3, 0.4) is 0 Å². The number of methoxy groups -OCH3 is 3. The van der Waals surface area contributed by atoms with Crippen LogP contribution in [0, 0.1) is 5.82 Å². The van der Waals surface area contributed by atoms with E-state index < -0.39 is 5.82 Å². The third-order valence-electron chi connectivity index (χ3n) is 3.26. The molecule has 0 N–H and O–H groups in total. The highest BCUT2D eigenvalue weighted by Gasteiger charge is 2.11. The monoisotopic (exact) mass is 316 g/mol. The number of allylic oxidation sites excluding steroid dienone is 1. The molecule has 0 heterocycles. The molecule has 2 aromatic rings. The molecule has 0 bridgehead atoms. The van der Waals surface area contributed by atoms with Crippen LogP contribution in [0.4, 0.5) is 4.39 Å². The number of ketones is 1. The van der Waals surface area contributed by atoms with Crippen molar-refractivity contribution in [2.75, 3.05) is 21.3 Å². The second-order valence-electron chi connectivity index (χ2n) is 4.66. The number of halogens is 1. The van der Waals surface area contributed by atoms with E-state index in [-0.39, 0.29) is 11.3 Å². The molecule has 0 amide bonds. The fourth-order valence-corrected chi connectivity index (χ4v) is 2.09. The van der Waals surface area contributed by atoms with Crippen molar-refractivity contribution in [1.82, 2.24) is 0 Å². The molecule has 0 fully saturated rings. The highest BCUT2D eigenvalue weighted by Crippen LogP contribution is 2.28. The van der Waals surface area contributed by atoms with E-state index in [4.69, 9.17) is 14.2 Å². The Morgan fingerprint density at radius 2 is 1.57 bits per heavy atom. The minimum Gasteiger partial charge on any atom is -0.496 e. The number of hydrogen-bond acceptors (Lipinski definition) is 4. The third kappa shape index (κ3) is 3.88. The van der Waals surface area contributed by atoms with Gasteiger partial charge < -0.3 is 14.2 Å². The van der Waals surface area contributed by atoms with Crippen LogP contribution in [0.5, 0.6) is 17.2 Å². The molecule has 5 heteroatoms. The van der Waals surface area contributed by atoms with Crippen molar-refractivity contribution in [1.29, 1.82) is 0 Å². The number of carbonyl (C=O) groups is 1. The maximum atomic E-state index is 13.3. The maximum Gasteiger partial charge on any atom is 0.189 e. The first-order valence-electron chi connectivity index (χ1n) is 6.87. The Morgan fingerprint density at radius 3 is 2.22 bits per heavy atom. The summed E-state index contributed by atoms with van der Waals surface area (Å²) in [4.78, 5) is 12.2. The van der Waals surface area contributed by atoms with Gasteiger partial charge in [-0.1, -0.05) is 12.1 Å².